The Kier molecular flexibility index (Phi) is 5.03. The summed E-state index contributed by atoms with van der Waals surface area (Å²) in [6, 6.07) is 0. The molecule has 108 valence electrons. The van der Waals surface area contributed by atoms with Gasteiger partial charge in [-0.2, -0.15) is 0 Å². The lowest BCUT2D eigenvalue weighted by Gasteiger charge is -2.19. The SMILES string of the molecule is O=C(O)c1nccnc1NC(=O)C1CCCCCCC1. The van der Waals surface area contributed by atoms with Crippen molar-refractivity contribution < 1.29 is 14.7 Å². The van der Waals surface area contributed by atoms with Gasteiger partial charge in [-0.1, -0.05) is 32.1 Å². The molecule has 0 saturated heterocycles. The number of anilines is 1. The van der Waals surface area contributed by atoms with Crippen molar-refractivity contribution in [3.8, 4) is 0 Å². The van der Waals surface area contributed by atoms with E-state index in [0.717, 1.165) is 38.5 Å². The molecule has 1 aromatic heterocycles. The number of carboxylic acid groups (broad SMARTS) is 1. The highest BCUT2D eigenvalue weighted by Gasteiger charge is 2.22. The van der Waals surface area contributed by atoms with E-state index in [1.807, 2.05) is 0 Å². The Hall–Kier alpha value is -1.98. The van der Waals surface area contributed by atoms with Gasteiger partial charge in [0.05, 0.1) is 0 Å². The molecule has 1 aliphatic rings. The number of carbonyl (C=O) groups is 2. The quantitative estimate of drug-likeness (QED) is 0.885. The van der Waals surface area contributed by atoms with Crippen LogP contribution in [0.5, 0.6) is 0 Å². The topological polar surface area (TPSA) is 92.2 Å². The first-order chi connectivity index (χ1) is 9.68. The molecule has 1 amide bonds. The summed E-state index contributed by atoms with van der Waals surface area (Å²) in [5, 5.41) is 11.6. The summed E-state index contributed by atoms with van der Waals surface area (Å²) < 4.78 is 0. The Balaban J connectivity index is 2.05. The first-order valence-electron chi connectivity index (χ1n) is 7.03. The summed E-state index contributed by atoms with van der Waals surface area (Å²) in [4.78, 5) is 30.9. The molecule has 1 fully saturated rings. The van der Waals surface area contributed by atoms with E-state index in [1.54, 1.807) is 0 Å². The third-order valence-corrected chi connectivity index (χ3v) is 3.62. The molecule has 0 atom stereocenters. The van der Waals surface area contributed by atoms with Gasteiger partial charge in [0, 0.05) is 18.3 Å². The zero-order chi connectivity index (χ0) is 14.4. The van der Waals surface area contributed by atoms with E-state index in [1.165, 1.54) is 18.8 Å². The first-order valence-corrected chi connectivity index (χ1v) is 7.03. The third-order valence-electron chi connectivity index (χ3n) is 3.62. The Morgan fingerprint density at radius 1 is 1.05 bits per heavy atom. The van der Waals surface area contributed by atoms with Crippen molar-refractivity contribution in [1.29, 1.82) is 0 Å². The second-order valence-corrected chi connectivity index (χ2v) is 5.09. The lowest BCUT2D eigenvalue weighted by atomic mass is 9.90. The van der Waals surface area contributed by atoms with E-state index in [4.69, 9.17) is 5.11 Å². The largest absolute Gasteiger partial charge is 0.476 e. The lowest BCUT2D eigenvalue weighted by Crippen LogP contribution is -2.25. The minimum atomic E-state index is -1.19. The maximum Gasteiger partial charge on any atom is 0.358 e. The van der Waals surface area contributed by atoms with Gasteiger partial charge in [-0.25, -0.2) is 14.8 Å². The van der Waals surface area contributed by atoms with E-state index < -0.39 is 5.97 Å². The molecule has 1 aromatic rings. The molecule has 0 bridgehead atoms. The number of hydrogen-bond acceptors (Lipinski definition) is 4. The highest BCUT2D eigenvalue weighted by atomic mass is 16.4. The van der Waals surface area contributed by atoms with Crippen molar-refractivity contribution >= 4 is 17.7 Å². The molecule has 6 heteroatoms. The van der Waals surface area contributed by atoms with Crippen LogP contribution < -0.4 is 5.32 Å². The molecule has 1 heterocycles. The van der Waals surface area contributed by atoms with Crippen molar-refractivity contribution in [2.24, 2.45) is 5.92 Å². The molecule has 6 nitrogen and oxygen atoms in total. The van der Waals surface area contributed by atoms with Gasteiger partial charge in [0.15, 0.2) is 11.5 Å². The van der Waals surface area contributed by atoms with Crippen LogP contribution in [0.1, 0.15) is 55.4 Å². The molecule has 2 N–H and O–H groups in total. The van der Waals surface area contributed by atoms with Crippen molar-refractivity contribution in [3.63, 3.8) is 0 Å². The maximum absolute atomic E-state index is 12.2. The summed E-state index contributed by atoms with van der Waals surface area (Å²) >= 11 is 0. The number of hydrogen-bond donors (Lipinski definition) is 2. The minimum Gasteiger partial charge on any atom is -0.476 e. The molecular formula is C14H19N3O3. The van der Waals surface area contributed by atoms with E-state index in [2.05, 4.69) is 15.3 Å². The van der Waals surface area contributed by atoms with Crippen LogP contribution >= 0.6 is 0 Å². The van der Waals surface area contributed by atoms with Crippen LogP contribution in [0, 0.1) is 5.92 Å². The predicted octanol–water partition coefficient (Wildman–Crippen LogP) is 2.47. The molecule has 1 aliphatic carbocycles. The molecule has 0 aliphatic heterocycles. The van der Waals surface area contributed by atoms with Crippen LogP contribution in [0.15, 0.2) is 12.4 Å². The molecule has 1 saturated carbocycles. The van der Waals surface area contributed by atoms with E-state index >= 15 is 0 Å². The monoisotopic (exact) mass is 277 g/mol. The van der Waals surface area contributed by atoms with Crippen LogP contribution in [-0.2, 0) is 4.79 Å². The fourth-order valence-electron chi connectivity index (χ4n) is 2.52. The summed E-state index contributed by atoms with van der Waals surface area (Å²) in [7, 11) is 0. The summed E-state index contributed by atoms with van der Waals surface area (Å²) in [6.07, 6.45) is 10.0. The van der Waals surface area contributed by atoms with Gasteiger partial charge in [-0.05, 0) is 12.8 Å². The highest BCUT2D eigenvalue weighted by molar-refractivity contribution is 5.98. The molecular weight excluding hydrogens is 258 g/mol. The lowest BCUT2D eigenvalue weighted by molar-refractivity contribution is -0.120. The molecule has 20 heavy (non-hydrogen) atoms. The van der Waals surface area contributed by atoms with Crippen molar-refractivity contribution in [2.75, 3.05) is 5.32 Å². The fourth-order valence-corrected chi connectivity index (χ4v) is 2.52. The van der Waals surface area contributed by atoms with Gasteiger partial charge in [-0.15, -0.1) is 0 Å². The number of aromatic carboxylic acids is 1. The van der Waals surface area contributed by atoms with E-state index in [-0.39, 0.29) is 23.3 Å². The summed E-state index contributed by atoms with van der Waals surface area (Å²) in [6.45, 7) is 0. The van der Waals surface area contributed by atoms with Crippen LogP contribution in [0.3, 0.4) is 0 Å². The van der Waals surface area contributed by atoms with Crippen molar-refractivity contribution in [3.05, 3.63) is 18.1 Å². The Labute approximate surface area is 117 Å². The van der Waals surface area contributed by atoms with Gasteiger partial charge in [0.1, 0.15) is 0 Å². The summed E-state index contributed by atoms with van der Waals surface area (Å²) in [5.74, 6) is -1.35. The Bertz CT molecular complexity index is 482. The van der Waals surface area contributed by atoms with Gasteiger partial charge in [0.2, 0.25) is 5.91 Å². The number of nitrogens with one attached hydrogen (secondary N) is 1. The number of carbonyl (C=O) groups excluding carboxylic acids is 1. The number of aromatic nitrogens is 2. The smallest absolute Gasteiger partial charge is 0.358 e. The van der Waals surface area contributed by atoms with Crippen LogP contribution in [0.4, 0.5) is 5.82 Å². The summed E-state index contributed by atoms with van der Waals surface area (Å²) in [5.41, 5.74) is -0.216. The predicted molar refractivity (Wildman–Crippen MR) is 73.4 cm³/mol. The van der Waals surface area contributed by atoms with Gasteiger partial charge >= 0.3 is 5.97 Å². The number of amides is 1. The number of rotatable bonds is 3. The van der Waals surface area contributed by atoms with Crippen LogP contribution in [0.2, 0.25) is 0 Å². The average Bonchev–Trinajstić information content (AvgIpc) is 2.38. The van der Waals surface area contributed by atoms with Gasteiger partial charge in [0.25, 0.3) is 0 Å². The zero-order valence-corrected chi connectivity index (χ0v) is 11.3. The second-order valence-electron chi connectivity index (χ2n) is 5.09. The number of nitrogens with zero attached hydrogens (tertiary/aromatic N) is 2. The Morgan fingerprint density at radius 3 is 2.30 bits per heavy atom. The molecule has 2 rings (SSSR count). The van der Waals surface area contributed by atoms with E-state index in [9.17, 15) is 9.59 Å². The second kappa shape index (κ2) is 6.98. The van der Waals surface area contributed by atoms with E-state index in [0.29, 0.717) is 0 Å². The number of carboxylic acids is 1. The molecule has 0 aromatic carbocycles. The highest BCUT2D eigenvalue weighted by Crippen LogP contribution is 2.23. The average molecular weight is 277 g/mol. The van der Waals surface area contributed by atoms with Gasteiger partial charge in [-0.3, -0.25) is 4.79 Å². The Morgan fingerprint density at radius 2 is 1.65 bits per heavy atom. The molecule has 0 radical (unpaired) electrons. The third kappa shape index (κ3) is 3.76. The normalized spacial score (nSPS) is 17.0. The standard InChI is InChI=1S/C14H19N3O3/c18-13(10-6-4-2-1-3-5-7-10)17-12-11(14(19)20)15-8-9-16-12/h8-10H,1-7H2,(H,19,20)(H,16,17,18). The first kappa shape index (κ1) is 14.4. The minimum absolute atomic E-state index is 0.0343. The van der Waals surface area contributed by atoms with Crippen LogP contribution in [-0.4, -0.2) is 27.0 Å². The van der Waals surface area contributed by atoms with Crippen molar-refractivity contribution in [1.82, 2.24) is 9.97 Å². The molecule has 0 spiro atoms. The van der Waals surface area contributed by atoms with Gasteiger partial charge < -0.3 is 10.4 Å². The fraction of sp³-hybridized carbons (Fsp3) is 0.571. The molecule has 0 unspecified atom stereocenters. The maximum atomic E-state index is 12.2. The van der Waals surface area contributed by atoms with Crippen molar-refractivity contribution in [2.45, 2.75) is 44.9 Å². The van der Waals surface area contributed by atoms with Crippen LogP contribution in [0.25, 0.3) is 0 Å². The zero-order valence-electron chi connectivity index (χ0n) is 11.3.